The van der Waals surface area contributed by atoms with Gasteiger partial charge in [0.25, 0.3) is 5.56 Å². The first-order chi connectivity index (χ1) is 15.0. The van der Waals surface area contributed by atoms with Gasteiger partial charge in [-0.3, -0.25) is 14.2 Å². The second-order valence-electron chi connectivity index (χ2n) is 7.26. The molecule has 2 aromatic carbocycles. The highest BCUT2D eigenvalue weighted by atomic mass is 32.2. The summed E-state index contributed by atoms with van der Waals surface area (Å²) < 4.78 is 30.5. The highest BCUT2D eigenvalue weighted by Gasteiger charge is 2.23. The summed E-state index contributed by atoms with van der Waals surface area (Å²) in [6, 6.07) is 13.0. The molecule has 9 heteroatoms. The Morgan fingerprint density at radius 3 is 2.58 bits per heavy atom. The van der Waals surface area contributed by atoms with Crippen molar-refractivity contribution in [3.8, 4) is 5.75 Å². The van der Waals surface area contributed by atoms with Gasteiger partial charge in [-0.1, -0.05) is 36.7 Å². The molecule has 1 saturated carbocycles. The van der Waals surface area contributed by atoms with Crippen LogP contribution in [-0.4, -0.2) is 27.8 Å². The van der Waals surface area contributed by atoms with Gasteiger partial charge in [0.15, 0.2) is 5.16 Å². The highest BCUT2D eigenvalue weighted by Crippen LogP contribution is 2.32. The van der Waals surface area contributed by atoms with E-state index in [0.29, 0.717) is 21.7 Å². The molecule has 0 aliphatic heterocycles. The molecule has 6 nitrogen and oxygen atoms in total. The van der Waals surface area contributed by atoms with Crippen LogP contribution in [0.5, 0.6) is 5.75 Å². The Labute approximate surface area is 181 Å². The highest BCUT2D eigenvalue weighted by molar-refractivity contribution is 7.99. The zero-order valence-electron chi connectivity index (χ0n) is 16.6. The van der Waals surface area contributed by atoms with Crippen LogP contribution in [0.25, 0.3) is 10.9 Å². The number of anilines is 1. The zero-order valence-corrected chi connectivity index (χ0v) is 17.4. The lowest BCUT2D eigenvalue weighted by atomic mass is 10.2. The molecule has 3 aromatic rings. The van der Waals surface area contributed by atoms with Crippen LogP contribution in [0.1, 0.15) is 31.7 Å². The average Bonchev–Trinajstić information content (AvgIpc) is 3.28. The molecule has 0 atom stereocenters. The number of amides is 1. The summed E-state index contributed by atoms with van der Waals surface area (Å²) in [5.74, 6) is -0.205. The smallest absolute Gasteiger partial charge is 0.387 e. The number of carbonyl (C=O) groups is 1. The van der Waals surface area contributed by atoms with Crippen molar-refractivity contribution in [2.24, 2.45) is 0 Å². The number of nitrogens with one attached hydrogen (secondary N) is 1. The first kappa shape index (κ1) is 21.3. The van der Waals surface area contributed by atoms with Crippen molar-refractivity contribution < 1.29 is 18.3 Å². The fourth-order valence-corrected chi connectivity index (χ4v) is 4.63. The van der Waals surface area contributed by atoms with Gasteiger partial charge in [0, 0.05) is 11.7 Å². The normalized spacial score (nSPS) is 14.3. The quantitative estimate of drug-likeness (QED) is 0.416. The summed E-state index contributed by atoms with van der Waals surface area (Å²) in [5, 5.41) is 3.83. The minimum Gasteiger partial charge on any atom is -0.435 e. The number of hydrogen-bond donors (Lipinski definition) is 1. The third-order valence-corrected chi connectivity index (χ3v) is 6.11. The SMILES string of the molecule is O=C(CSc1nc2ccccc2c(=O)n1C1CCCC1)Nc1ccc(OC(F)F)cc1. The number of aromatic nitrogens is 2. The topological polar surface area (TPSA) is 73.2 Å². The van der Waals surface area contributed by atoms with Crippen LogP contribution in [0.3, 0.4) is 0 Å². The van der Waals surface area contributed by atoms with Gasteiger partial charge in [0.05, 0.1) is 16.7 Å². The summed E-state index contributed by atoms with van der Waals surface area (Å²) in [7, 11) is 0. The lowest BCUT2D eigenvalue weighted by Crippen LogP contribution is -2.27. The number of ether oxygens (including phenoxy) is 1. The second kappa shape index (κ2) is 9.47. The summed E-state index contributed by atoms with van der Waals surface area (Å²) in [4.78, 5) is 30.2. The van der Waals surface area contributed by atoms with E-state index in [4.69, 9.17) is 0 Å². The first-order valence-corrected chi connectivity index (χ1v) is 11.0. The number of thioether (sulfide) groups is 1. The van der Waals surface area contributed by atoms with Crippen LogP contribution in [0.15, 0.2) is 58.5 Å². The van der Waals surface area contributed by atoms with Crippen molar-refractivity contribution >= 4 is 34.3 Å². The van der Waals surface area contributed by atoms with Crippen LogP contribution in [-0.2, 0) is 4.79 Å². The van der Waals surface area contributed by atoms with Crippen molar-refractivity contribution in [3.05, 3.63) is 58.9 Å². The van der Waals surface area contributed by atoms with Gasteiger partial charge in [-0.05, 0) is 49.2 Å². The number of hydrogen-bond acceptors (Lipinski definition) is 5. The fourth-order valence-electron chi connectivity index (χ4n) is 3.76. The molecule has 31 heavy (non-hydrogen) atoms. The van der Waals surface area contributed by atoms with Crippen molar-refractivity contribution in [3.63, 3.8) is 0 Å². The molecule has 0 saturated heterocycles. The molecule has 0 unspecified atom stereocenters. The Bertz CT molecular complexity index is 1130. The van der Waals surface area contributed by atoms with Gasteiger partial charge in [-0.2, -0.15) is 8.78 Å². The predicted molar refractivity (Wildman–Crippen MR) is 116 cm³/mol. The Balaban J connectivity index is 1.49. The van der Waals surface area contributed by atoms with Crippen LogP contribution in [0.2, 0.25) is 0 Å². The minimum atomic E-state index is -2.90. The van der Waals surface area contributed by atoms with E-state index < -0.39 is 6.61 Å². The van der Waals surface area contributed by atoms with E-state index in [1.807, 2.05) is 12.1 Å². The van der Waals surface area contributed by atoms with Crippen LogP contribution in [0, 0.1) is 0 Å². The molecule has 1 N–H and O–H groups in total. The molecule has 0 bridgehead atoms. The molecule has 1 heterocycles. The number of para-hydroxylation sites is 1. The molecule has 1 aliphatic carbocycles. The van der Waals surface area contributed by atoms with Crippen molar-refractivity contribution in [2.45, 2.75) is 43.5 Å². The number of alkyl halides is 2. The lowest BCUT2D eigenvalue weighted by Gasteiger charge is -2.18. The lowest BCUT2D eigenvalue weighted by molar-refractivity contribution is -0.113. The molecule has 4 rings (SSSR count). The second-order valence-corrected chi connectivity index (χ2v) is 8.21. The molecule has 1 fully saturated rings. The van der Waals surface area contributed by atoms with Gasteiger partial charge in [-0.25, -0.2) is 4.98 Å². The average molecular weight is 445 g/mol. The third-order valence-electron chi connectivity index (χ3n) is 5.16. The van der Waals surface area contributed by atoms with Crippen LogP contribution >= 0.6 is 11.8 Å². The summed E-state index contributed by atoms with van der Waals surface area (Å²) in [6.07, 6.45) is 3.99. The molecule has 1 amide bonds. The van der Waals surface area contributed by atoms with Crippen molar-refractivity contribution in [2.75, 3.05) is 11.1 Å². The number of nitrogens with zero attached hydrogens (tertiary/aromatic N) is 2. The van der Waals surface area contributed by atoms with Gasteiger partial charge >= 0.3 is 6.61 Å². The Morgan fingerprint density at radius 1 is 1.16 bits per heavy atom. The van der Waals surface area contributed by atoms with E-state index in [1.165, 1.54) is 36.0 Å². The number of halogens is 2. The van der Waals surface area contributed by atoms with Gasteiger partial charge in [0.1, 0.15) is 5.75 Å². The maximum atomic E-state index is 13.1. The molecular weight excluding hydrogens is 424 g/mol. The molecule has 1 aromatic heterocycles. The standard InChI is InChI=1S/C22H21F2N3O3S/c23-21(24)30-16-11-9-14(10-12-16)25-19(28)13-31-22-26-18-8-4-3-7-17(18)20(29)27(22)15-5-1-2-6-15/h3-4,7-12,15,21H,1-2,5-6,13H2,(H,25,28). The Morgan fingerprint density at radius 2 is 1.87 bits per heavy atom. The fraction of sp³-hybridized carbons (Fsp3) is 0.318. The Hall–Kier alpha value is -2.94. The summed E-state index contributed by atoms with van der Waals surface area (Å²) in [6.45, 7) is -2.90. The molecule has 0 spiro atoms. The zero-order chi connectivity index (χ0) is 21.8. The molecular formula is C22H21F2N3O3S. The first-order valence-electron chi connectivity index (χ1n) is 10.00. The van der Waals surface area contributed by atoms with E-state index in [9.17, 15) is 18.4 Å². The van der Waals surface area contributed by atoms with Gasteiger partial charge < -0.3 is 10.1 Å². The summed E-state index contributed by atoms with van der Waals surface area (Å²) in [5.41, 5.74) is 1.00. The number of carbonyl (C=O) groups excluding carboxylic acids is 1. The number of fused-ring (bicyclic) bond motifs is 1. The Kier molecular flexibility index (Phi) is 6.50. The summed E-state index contributed by atoms with van der Waals surface area (Å²) >= 11 is 1.22. The van der Waals surface area contributed by atoms with E-state index in [1.54, 1.807) is 16.7 Å². The molecule has 1 aliphatic rings. The van der Waals surface area contributed by atoms with Gasteiger partial charge in [0.2, 0.25) is 5.91 Å². The maximum Gasteiger partial charge on any atom is 0.387 e. The van der Waals surface area contributed by atoms with E-state index in [0.717, 1.165) is 25.7 Å². The van der Waals surface area contributed by atoms with Gasteiger partial charge in [-0.15, -0.1) is 0 Å². The van der Waals surface area contributed by atoms with E-state index in [-0.39, 0.29) is 29.0 Å². The van der Waals surface area contributed by atoms with E-state index in [2.05, 4.69) is 15.0 Å². The number of benzene rings is 2. The minimum absolute atomic E-state index is 0.0170. The van der Waals surface area contributed by atoms with Crippen molar-refractivity contribution in [1.29, 1.82) is 0 Å². The molecule has 162 valence electrons. The van der Waals surface area contributed by atoms with Crippen molar-refractivity contribution in [1.82, 2.24) is 9.55 Å². The largest absolute Gasteiger partial charge is 0.435 e. The number of rotatable bonds is 7. The van der Waals surface area contributed by atoms with E-state index >= 15 is 0 Å². The maximum absolute atomic E-state index is 13.1. The van der Waals surface area contributed by atoms with Crippen LogP contribution < -0.4 is 15.6 Å². The third kappa shape index (κ3) is 5.04. The monoisotopic (exact) mass is 445 g/mol. The van der Waals surface area contributed by atoms with Crippen LogP contribution in [0.4, 0.5) is 14.5 Å². The predicted octanol–water partition coefficient (Wildman–Crippen LogP) is 4.84. The molecule has 0 radical (unpaired) electrons.